The van der Waals surface area contributed by atoms with E-state index in [-0.39, 0.29) is 0 Å². The minimum Gasteiger partial charge on any atom is -0.357 e. The third kappa shape index (κ3) is 3.88. The van der Waals surface area contributed by atoms with E-state index < -0.39 is 0 Å². The van der Waals surface area contributed by atoms with Crippen LogP contribution in [0.5, 0.6) is 0 Å². The molecular weight excluding hydrogens is 206 g/mol. The van der Waals surface area contributed by atoms with E-state index in [9.17, 15) is 0 Å². The molecule has 82 valence electrons. The first-order valence-electron chi connectivity index (χ1n) is 5.32. The van der Waals surface area contributed by atoms with E-state index in [1.807, 2.05) is 0 Å². The Labute approximate surface area is 95.5 Å². The average Bonchev–Trinajstić information content (AvgIpc) is 2.66. The van der Waals surface area contributed by atoms with Crippen molar-refractivity contribution < 1.29 is 0 Å². The summed E-state index contributed by atoms with van der Waals surface area (Å²) in [6.07, 6.45) is 9.06. The Bertz CT molecular complexity index is 327. The molecule has 1 rings (SSSR count). The summed E-state index contributed by atoms with van der Waals surface area (Å²) in [4.78, 5) is 4.40. The molecule has 0 bridgehead atoms. The van der Waals surface area contributed by atoms with Gasteiger partial charge in [0.1, 0.15) is 5.82 Å². The van der Waals surface area contributed by atoms with E-state index in [1.165, 1.54) is 11.5 Å². The van der Waals surface area contributed by atoms with Crippen LogP contribution in [0.1, 0.15) is 38.9 Å². The summed E-state index contributed by atoms with van der Waals surface area (Å²) in [7, 11) is 0. The maximum Gasteiger partial charge on any atom is 0.202 e. The molecule has 0 fully saturated rings. The molecule has 15 heavy (non-hydrogen) atoms. The van der Waals surface area contributed by atoms with Gasteiger partial charge in [-0.3, -0.25) is 0 Å². The van der Waals surface area contributed by atoms with Crippen molar-refractivity contribution in [3.8, 4) is 12.3 Å². The number of nitrogens with one attached hydrogen (secondary N) is 1. The zero-order valence-corrected chi connectivity index (χ0v) is 10.1. The SMILES string of the molecule is C#CCC(CC)Nc1nc(CCC)ns1. The highest BCUT2D eigenvalue weighted by atomic mass is 32.1. The molecule has 0 spiro atoms. The maximum absolute atomic E-state index is 5.29. The van der Waals surface area contributed by atoms with Gasteiger partial charge in [0.25, 0.3) is 0 Å². The van der Waals surface area contributed by atoms with E-state index in [1.54, 1.807) is 0 Å². The summed E-state index contributed by atoms with van der Waals surface area (Å²) in [5.41, 5.74) is 0. The molecule has 4 heteroatoms. The lowest BCUT2D eigenvalue weighted by molar-refractivity contribution is 0.713. The lowest BCUT2D eigenvalue weighted by Gasteiger charge is -2.11. The van der Waals surface area contributed by atoms with Crippen LogP contribution in [0.15, 0.2) is 0 Å². The van der Waals surface area contributed by atoms with Crippen LogP contribution in [0.4, 0.5) is 5.13 Å². The number of nitrogens with zero attached hydrogens (tertiary/aromatic N) is 2. The van der Waals surface area contributed by atoms with Gasteiger partial charge in [-0.15, -0.1) is 12.3 Å². The minimum atomic E-state index is 0.317. The average molecular weight is 223 g/mol. The Balaban J connectivity index is 2.52. The first-order valence-corrected chi connectivity index (χ1v) is 6.10. The molecule has 1 N–H and O–H groups in total. The first-order chi connectivity index (χ1) is 7.30. The van der Waals surface area contributed by atoms with Gasteiger partial charge >= 0.3 is 0 Å². The van der Waals surface area contributed by atoms with Crippen LogP contribution in [-0.2, 0) is 6.42 Å². The molecule has 0 amide bonds. The molecule has 1 unspecified atom stereocenters. The van der Waals surface area contributed by atoms with Gasteiger partial charge in [-0.25, -0.2) is 4.98 Å². The molecule has 1 heterocycles. The highest BCUT2D eigenvalue weighted by Gasteiger charge is 2.08. The Hall–Kier alpha value is -1.08. The van der Waals surface area contributed by atoms with Gasteiger partial charge in [0.05, 0.1) is 0 Å². The van der Waals surface area contributed by atoms with Crippen molar-refractivity contribution in [1.29, 1.82) is 0 Å². The topological polar surface area (TPSA) is 37.8 Å². The van der Waals surface area contributed by atoms with Crippen LogP contribution >= 0.6 is 11.5 Å². The number of aromatic nitrogens is 2. The van der Waals surface area contributed by atoms with Crippen LogP contribution < -0.4 is 5.32 Å². The predicted octanol–water partition coefficient (Wildman–Crippen LogP) is 2.70. The normalized spacial score (nSPS) is 12.1. The molecule has 0 radical (unpaired) electrons. The van der Waals surface area contributed by atoms with Gasteiger partial charge in [0, 0.05) is 30.4 Å². The molecule has 1 aromatic rings. The molecule has 0 aliphatic carbocycles. The summed E-state index contributed by atoms with van der Waals surface area (Å²) < 4.78 is 4.27. The van der Waals surface area contributed by atoms with Gasteiger partial charge in [-0.1, -0.05) is 13.8 Å². The molecule has 1 atom stereocenters. The Kier molecular flexibility index (Phi) is 5.13. The van der Waals surface area contributed by atoms with E-state index in [4.69, 9.17) is 6.42 Å². The van der Waals surface area contributed by atoms with Crippen LogP contribution in [-0.4, -0.2) is 15.4 Å². The van der Waals surface area contributed by atoms with E-state index >= 15 is 0 Å². The van der Waals surface area contributed by atoms with E-state index in [2.05, 4.69) is 34.4 Å². The van der Waals surface area contributed by atoms with Crippen LogP contribution in [0, 0.1) is 12.3 Å². The highest BCUT2D eigenvalue weighted by molar-refractivity contribution is 7.09. The monoisotopic (exact) mass is 223 g/mol. The minimum absolute atomic E-state index is 0.317. The summed E-state index contributed by atoms with van der Waals surface area (Å²) in [5.74, 6) is 3.60. The highest BCUT2D eigenvalue weighted by Crippen LogP contribution is 2.15. The summed E-state index contributed by atoms with van der Waals surface area (Å²) in [5, 5.41) is 4.20. The lowest BCUT2D eigenvalue weighted by Crippen LogP contribution is -2.17. The van der Waals surface area contributed by atoms with E-state index in [0.29, 0.717) is 6.04 Å². The van der Waals surface area contributed by atoms with Gasteiger partial charge in [0.15, 0.2) is 0 Å². The van der Waals surface area contributed by atoms with Crippen molar-refractivity contribution in [2.45, 2.75) is 45.6 Å². The standard InChI is InChI=1S/C11H17N3S/c1-4-7-9(6-3)12-11-13-10(8-5-2)14-15-11/h1,9H,5-8H2,2-3H3,(H,12,13,14). The quantitative estimate of drug-likeness (QED) is 0.753. The second kappa shape index (κ2) is 6.41. The van der Waals surface area contributed by atoms with Crippen LogP contribution in [0.2, 0.25) is 0 Å². The molecule has 0 aliphatic rings. The number of rotatable bonds is 6. The molecule has 0 saturated carbocycles. The van der Waals surface area contributed by atoms with Crippen LogP contribution in [0.25, 0.3) is 0 Å². The summed E-state index contributed by atoms with van der Waals surface area (Å²) >= 11 is 1.42. The summed E-state index contributed by atoms with van der Waals surface area (Å²) in [6.45, 7) is 4.24. The second-order valence-corrected chi connectivity index (χ2v) is 4.18. The van der Waals surface area contributed by atoms with Crippen molar-refractivity contribution in [3.05, 3.63) is 5.82 Å². The molecule has 0 aromatic carbocycles. The number of anilines is 1. The van der Waals surface area contributed by atoms with Crippen molar-refractivity contribution >= 4 is 16.7 Å². The number of terminal acetylenes is 1. The van der Waals surface area contributed by atoms with Gasteiger partial charge in [-0.2, -0.15) is 4.37 Å². The van der Waals surface area contributed by atoms with Crippen LogP contribution in [0.3, 0.4) is 0 Å². The van der Waals surface area contributed by atoms with Gasteiger partial charge in [-0.05, 0) is 12.8 Å². The van der Waals surface area contributed by atoms with Gasteiger partial charge in [0.2, 0.25) is 5.13 Å². The smallest absolute Gasteiger partial charge is 0.202 e. The third-order valence-corrected chi connectivity index (χ3v) is 2.81. The largest absolute Gasteiger partial charge is 0.357 e. The Morgan fingerprint density at radius 1 is 1.53 bits per heavy atom. The van der Waals surface area contributed by atoms with Gasteiger partial charge < -0.3 is 5.32 Å². The predicted molar refractivity (Wildman–Crippen MR) is 65.1 cm³/mol. The molecular formula is C11H17N3S. The lowest BCUT2D eigenvalue weighted by atomic mass is 10.2. The molecule has 0 aliphatic heterocycles. The number of hydrogen-bond acceptors (Lipinski definition) is 4. The van der Waals surface area contributed by atoms with Crippen molar-refractivity contribution in [3.63, 3.8) is 0 Å². The third-order valence-electron chi connectivity index (χ3n) is 2.13. The molecule has 1 aromatic heterocycles. The number of hydrogen-bond donors (Lipinski definition) is 1. The zero-order chi connectivity index (χ0) is 11.1. The number of aryl methyl sites for hydroxylation is 1. The summed E-state index contributed by atoms with van der Waals surface area (Å²) in [6, 6.07) is 0.317. The maximum atomic E-state index is 5.29. The molecule has 0 saturated heterocycles. The molecule has 3 nitrogen and oxygen atoms in total. The zero-order valence-electron chi connectivity index (χ0n) is 9.29. The van der Waals surface area contributed by atoms with Crippen molar-refractivity contribution in [2.75, 3.05) is 5.32 Å². The Morgan fingerprint density at radius 3 is 2.93 bits per heavy atom. The fourth-order valence-corrected chi connectivity index (χ4v) is 1.94. The first kappa shape index (κ1) is 12.0. The Morgan fingerprint density at radius 2 is 2.33 bits per heavy atom. The van der Waals surface area contributed by atoms with Crippen molar-refractivity contribution in [2.24, 2.45) is 0 Å². The fourth-order valence-electron chi connectivity index (χ4n) is 1.25. The van der Waals surface area contributed by atoms with Crippen molar-refractivity contribution in [1.82, 2.24) is 9.36 Å². The fraction of sp³-hybridized carbons (Fsp3) is 0.636. The van der Waals surface area contributed by atoms with E-state index in [0.717, 1.165) is 36.6 Å². The second-order valence-electron chi connectivity index (χ2n) is 3.42.